The summed E-state index contributed by atoms with van der Waals surface area (Å²) in [7, 11) is 0. The quantitative estimate of drug-likeness (QED) is 0.0261. The Labute approximate surface area is 433 Å². The summed E-state index contributed by atoms with van der Waals surface area (Å²) in [5, 5.41) is 0. The molecule has 0 aromatic carbocycles. The zero-order valence-electron chi connectivity index (χ0n) is 46.0. The van der Waals surface area contributed by atoms with Crippen LogP contribution in [-0.2, 0) is 28.6 Å². The highest BCUT2D eigenvalue weighted by Gasteiger charge is 2.19. The molecule has 0 rings (SSSR count). The molecule has 0 aliphatic rings. The number of carbonyl (C=O) groups is 3. The van der Waals surface area contributed by atoms with Gasteiger partial charge < -0.3 is 14.2 Å². The van der Waals surface area contributed by atoms with Crippen molar-refractivity contribution in [3.8, 4) is 0 Å². The Morgan fingerprint density at radius 1 is 0.300 bits per heavy atom. The summed E-state index contributed by atoms with van der Waals surface area (Å²) < 4.78 is 16.8. The minimum atomic E-state index is -0.805. The van der Waals surface area contributed by atoms with E-state index >= 15 is 0 Å². The average Bonchev–Trinajstić information content (AvgIpc) is 3.36. The summed E-state index contributed by atoms with van der Waals surface area (Å²) in [6.07, 6.45) is 75.9. The van der Waals surface area contributed by atoms with Crippen LogP contribution in [0.3, 0.4) is 0 Å². The number of unbranched alkanes of at least 4 members (excludes halogenated alkanes) is 28. The van der Waals surface area contributed by atoms with Crippen LogP contribution in [0, 0.1) is 0 Å². The van der Waals surface area contributed by atoms with Crippen molar-refractivity contribution in [3.63, 3.8) is 0 Å². The zero-order valence-corrected chi connectivity index (χ0v) is 46.0. The first-order chi connectivity index (χ1) is 34.5. The predicted octanol–water partition coefficient (Wildman–Crippen LogP) is 19.9. The Bertz CT molecular complexity index is 1350. The van der Waals surface area contributed by atoms with E-state index in [1.54, 1.807) is 0 Å². The molecule has 6 nitrogen and oxygen atoms in total. The molecular weight excluding hydrogens is 865 g/mol. The molecule has 402 valence electrons. The monoisotopic (exact) mass is 975 g/mol. The molecular formula is C64H110O6. The van der Waals surface area contributed by atoms with E-state index in [4.69, 9.17) is 14.2 Å². The Balaban J connectivity index is 4.36. The van der Waals surface area contributed by atoms with Crippen molar-refractivity contribution in [2.24, 2.45) is 0 Å². The van der Waals surface area contributed by atoms with E-state index in [9.17, 15) is 14.4 Å². The first kappa shape index (κ1) is 66.6. The lowest BCUT2D eigenvalue weighted by molar-refractivity contribution is -0.167. The van der Waals surface area contributed by atoms with E-state index in [2.05, 4.69) is 106 Å². The van der Waals surface area contributed by atoms with Gasteiger partial charge in [-0.25, -0.2) is 0 Å². The van der Waals surface area contributed by atoms with Gasteiger partial charge in [-0.2, -0.15) is 0 Å². The van der Waals surface area contributed by atoms with Crippen molar-refractivity contribution < 1.29 is 28.6 Å². The predicted molar refractivity (Wildman–Crippen MR) is 302 cm³/mol. The maximum atomic E-state index is 12.8. The molecule has 0 aliphatic heterocycles. The minimum absolute atomic E-state index is 0.0978. The van der Waals surface area contributed by atoms with Gasteiger partial charge >= 0.3 is 17.9 Å². The summed E-state index contributed by atoms with van der Waals surface area (Å²) in [6, 6.07) is 0. The van der Waals surface area contributed by atoms with Crippen LogP contribution in [0.2, 0.25) is 0 Å². The van der Waals surface area contributed by atoms with Gasteiger partial charge in [0.05, 0.1) is 0 Å². The number of hydrogen-bond donors (Lipinski definition) is 0. The second-order valence-corrected chi connectivity index (χ2v) is 19.5. The van der Waals surface area contributed by atoms with Crippen LogP contribution in [0.5, 0.6) is 0 Å². The van der Waals surface area contributed by atoms with Gasteiger partial charge in [-0.05, 0) is 109 Å². The van der Waals surface area contributed by atoms with Crippen LogP contribution < -0.4 is 0 Å². The Morgan fingerprint density at radius 3 is 0.957 bits per heavy atom. The molecule has 0 aromatic heterocycles. The fourth-order valence-electron chi connectivity index (χ4n) is 8.15. The van der Waals surface area contributed by atoms with Crippen molar-refractivity contribution in [2.45, 2.75) is 290 Å². The molecule has 0 radical (unpaired) electrons. The van der Waals surface area contributed by atoms with E-state index in [0.717, 1.165) is 103 Å². The van der Waals surface area contributed by atoms with Crippen LogP contribution in [0.25, 0.3) is 0 Å². The van der Waals surface area contributed by atoms with Gasteiger partial charge in [0.2, 0.25) is 0 Å². The molecule has 0 saturated carbocycles. The highest BCUT2D eigenvalue weighted by molar-refractivity contribution is 5.71. The van der Waals surface area contributed by atoms with E-state index < -0.39 is 6.10 Å². The van der Waals surface area contributed by atoms with E-state index in [1.807, 2.05) is 0 Å². The molecule has 70 heavy (non-hydrogen) atoms. The highest BCUT2D eigenvalue weighted by Crippen LogP contribution is 2.15. The summed E-state index contributed by atoms with van der Waals surface area (Å²) in [5.74, 6) is -0.949. The van der Waals surface area contributed by atoms with E-state index in [-0.39, 0.29) is 37.5 Å². The molecule has 0 saturated heterocycles. The van der Waals surface area contributed by atoms with Gasteiger partial charge in [0, 0.05) is 19.3 Å². The lowest BCUT2D eigenvalue weighted by Gasteiger charge is -2.18. The van der Waals surface area contributed by atoms with Crippen LogP contribution in [0.15, 0.2) is 85.1 Å². The summed E-state index contributed by atoms with van der Waals surface area (Å²) in [5.41, 5.74) is 0. The third-order valence-electron chi connectivity index (χ3n) is 12.6. The third-order valence-corrected chi connectivity index (χ3v) is 12.6. The standard InChI is InChI=1S/C64H110O6/c1-4-7-10-13-16-19-22-25-28-29-30-31-32-33-34-35-37-39-42-45-48-51-54-57-63(66)69-60-61(59-68-62(65)56-53-50-47-44-41-38-27-24-21-18-15-12-9-6-3)70-64(67)58-55-52-49-46-43-40-36-26-23-20-17-14-11-8-5-2/h8,11,15,17-18,20,24,26-27,29-30,36,43,46,61H,4-7,9-10,12-14,16,19,21-23,25,28,31-35,37-42,44-45,47-60H2,1-3H3/b11-8-,18-15-,20-17-,27-24-,30-29-,36-26-,46-43-. The smallest absolute Gasteiger partial charge is 0.306 e. The number of ether oxygens (including phenoxy) is 3. The topological polar surface area (TPSA) is 78.9 Å². The third kappa shape index (κ3) is 55.5. The van der Waals surface area contributed by atoms with Gasteiger partial charge in [0.1, 0.15) is 13.2 Å². The van der Waals surface area contributed by atoms with Gasteiger partial charge in [0.15, 0.2) is 6.10 Å². The number of carbonyl (C=O) groups excluding carboxylic acids is 3. The average molecular weight is 976 g/mol. The maximum absolute atomic E-state index is 12.8. The lowest BCUT2D eigenvalue weighted by Crippen LogP contribution is -2.30. The number of esters is 3. The van der Waals surface area contributed by atoms with Crippen molar-refractivity contribution >= 4 is 17.9 Å². The second kappa shape index (κ2) is 58.2. The first-order valence-corrected chi connectivity index (χ1v) is 29.6. The molecule has 0 N–H and O–H groups in total. The largest absolute Gasteiger partial charge is 0.462 e. The normalized spacial score (nSPS) is 12.7. The highest BCUT2D eigenvalue weighted by atomic mass is 16.6. The van der Waals surface area contributed by atoms with Crippen LogP contribution in [0.1, 0.15) is 284 Å². The molecule has 1 unspecified atom stereocenters. The van der Waals surface area contributed by atoms with E-state index in [1.165, 1.54) is 135 Å². The molecule has 0 bridgehead atoms. The van der Waals surface area contributed by atoms with Gasteiger partial charge in [-0.15, -0.1) is 0 Å². The van der Waals surface area contributed by atoms with Gasteiger partial charge in [0.25, 0.3) is 0 Å². The molecule has 0 fully saturated rings. The van der Waals surface area contributed by atoms with Gasteiger partial charge in [-0.3, -0.25) is 14.4 Å². The molecule has 0 amide bonds. The number of allylic oxidation sites excluding steroid dienone is 14. The second-order valence-electron chi connectivity index (χ2n) is 19.5. The van der Waals surface area contributed by atoms with Crippen molar-refractivity contribution in [3.05, 3.63) is 85.1 Å². The Hall–Kier alpha value is -3.41. The molecule has 6 heteroatoms. The van der Waals surface area contributed by atoms with Crippen LogP contribution in [-0.4, -0.2) is 37.2 Å². The minimum Gasteiger partial charge on any atom is -0.462 e. The van der Waals surface area contributed by atoms with Gasteiger partial charge in [-0.1, -0.05) is 241 Å². The summed E-state index contributed by atoms with van der Waals surface area (Å²) >= 11 is 0. The van der Waals surface area contributed by atoms with Crippen molar-refractivity contribution in [1.82, 2.24) is 0 Å². The number of hydrogen-bond acceptors (Lipinski definition) is 6. The molecule has 0 spiro atoms. The van der Waals surface area contributed by atoms with E-state index in [0.29, 0.717) is 19.3 Å². The summed E-state index contributed by atoms with van der Waals surface area (Å²) in [6.45, 7) is 6.45. The summed E-state index contributed by atoms with van der Waals surface area (Å²) in [4.78, 5) is 38.1. The molecule has 0 aromatic rings. The molecule has 1 atom stereocenters. The molecule has 0 heterocycles. The lowest BCUT2D eigenvalue weighted by atomic mass is 10.0. The fraction of sp³-hybridized carbons (Fsp3) is 0.734. The van der Waals surface area contributed by atoms with Crippen LogP contribution in [0.4, 0.5) is 0 Å². The number of rotatable bonds is 53. The van der Waals surface area contributed by atoms with Crippen molar-refractivity contribution in [2.75, 3.05) is 13.2 Å². The first-order valence-electron chi connectivity index (χ1n) is 29.6. The maximum Gasteiger partial charge on any atom is 0.306 e. The molecule has 0 aliphatic carbocycles. The SMILES string of the molecule is CC/C=C\C/C=C\C/C=C\C/C=C\CCCCC(=O)OC(COC(=O)CCCCCCC/C=C\C/C=C\CCCC)COC(=O)CCCCCCCCCCCCC/C=C\CCCCCCCCCC. The van der Waals surface area contributed by atoms with Crippen LogP contribution >= 0.6 is 0 Å². The Kier molecular flexibility index (Phi) is 55.3. The Morgan fingerprint density at radius 2 is 0.571 bits per heavy atom. The fourth-order valence-corrected chi connectivity index (χ4v) is 8.15. The zero-order chi connectivity index (χ0) is 50.7. The van der Waals surface area contributed by atoms with Crippen molar-refractivity contribution in [1.29, 1.82) is 0 Å².